The smallest absolute Gasteiger partial charge is 0.257 e. The Morgan fingerprint density at radius 1 is 1.03 bits per heavy atom. The van der Waals surface area contributed by atoms with Gasteiger partial charge in [-0.25, -0.2) is 5.43 Å². The number of unbranched alkanes of at least 4 members (excludes halogenated alkanes) is 1. The van der Waals surface area contributed by atoms with Crippen molar-refractivity contribution in [2.45, 2.75) is 44.6 Å². The molecule has 6 nitrogen and oxygen atoms in total. The molecule has 1 fully saturated rings. The molecule has 1 aliphatic rings. The highest BCUT2D eigenvalue weighted by molar-refractivity contribution is 6.36. The molecule has 1 aliphatic heterocycles. The standard InChI is InChI=1S/C25H30Cl2N4O2/c26-21-13-12-20(22(27)17-21)18-29-30-25(33)23(31-15-7-2-8-16-31)11-5-6-14-28-24(32)19-9-3-1-4-10-19/h1,3-4,9-10,12-13,17-18,23H,2,5-8,11,14-16H2,(H,28,32)(H,30,33). The predicted molar refractivity (Wildman–Crippen MR) is 134 cm³/mol. The highest BCUT2D eigenvalue weighted by atomic mass is 35.5. The van der Waals surface area contributed by atoms with Crippen LogP contribution in [0.15, 0.2) is 53.6 Å². The van der Waals surface area contributed by atoms with Gasteiger partial charge in [-0.3, -0.25) is 14.5 Å². The minimum Gasteiger partial charge on any atom is -0.352 e. The Labute approximate surface area is 205 Å². The van der Waals surface area contributed by atoms with Crippen molar-refractivity contribution in [3.8, 4) is 0 Å². The number of benzene rings is 2. The number of rotatable bonds is 10. The summed E-state index contributed by atoms with van der Waals surface area (Å²) in [4.78, 5) is 27.3. The third-order valence-corrected chi connectivity index (χ3v) is 6.26. The molecule has 8 heteroatoms. The lowest BCUT2D eigenvalue weighted by Gasteiger charge is -2.33. The Kier molecular flexibility index (Phi) is 10.2. The van der Waals surface area contributed by atoms with E-state index in [1.165, 1.54) is 12.6 Å². The van der Waals surface area contributed by atoms with Crippen LogP contribution in [0.1, 0.15) is 54.4 Å². The van der Waals surface area contributed by atoms with Crippen LogP contribution in [0, 0.1) is 0 Å². The van der Waals surface area contributed by atoms with Crippen LogP contribution in [0.4, 0.5) is 0 Å². The van der Waals surface area contributed by atoms with Crippen LogP contribution in [0.25, 0.3) is 0 Å². The molecular formula is C25H30Cl2N4O2. The van der Waals surface area contributed by atoms with Crippen LogP contribution in [0.5, 0.6) is 0 Å². The Morgan fingerprint density at radius 3 is 2.52 bits per heavy atom. The van der Waals surface area contributed by atoms with Crippen molar-refractivity contribution >= 4 is 41.2 Å². The van der Waals surface area contributed by atoms with E-state index in [0.717, 1.165) is 38.8 Å². The number of carbonyl (C=O) groups is 2. The van der Waals surface area contributed by atoms with E-state index in [9.17, 15) is 9.59 Å². The van der Waals surface area contributed by atoms with Gasteiger partial charge in [0.1, 0.15) is 0 Å². The molecular weight excluding hydrogens is 459 g/mol. The van der Waals surface area contributed by atoms with Crippen molar-refractivity contribution in [3.63, 3.8) is 0 Å². The largest absolute Gasteiger partial charge is 0.352 e. The monoisotopic (exact) mass is 488 g/mol. The fourth-order valence-electron chi connectivity index (χ4n) is 3.91. The molecule has 176 valence electrons. The van der Waals surface area contributed by atoms with Crippen LogP contribution in [-0.2, 0) is 4.79 Å². The topological polar surface area (TPSA) is 73.8 Å². The molecule has 0 radical (unpaired) electrons. The summed E-state index contributed by atoms with van der Waals surface area (Å²) in [5.41, 5.74) is 4.02. The Bertz CT molecular complexity index is 947. The van der Waals surface area contributed by atoms with Gasteiger partial charge in [-0.2, -0.15) is 5.10 Å². The van der Waals surface area contributed by atoms with Crippen LogP contribution in [0.2, 0.25) is 10.0 Å². The second-order valence-corrected chi connectivity index (χ2v) is 8.97. The number of hydrazone groups is 1. The number of nitrogens with one attached hydrogen (secondary N) is 2. The molecule has 1 unspecified atom stereocenters. The number of piperidine rings is 1. The number of likely N-dealkylation sites (tertiary alicyclic amines) is 1. The minimum absolute atomic E-state index is 0.0730. The zero-order chi connectivity index (χ0) is 23.5. The zero-order valence-electron chi connectivity index (χ0n) is 18.6. The lowest BCUT2D eigenvalue weighted by Crippen LogP contribution is -2.47. The number of amides is 2. The molecule has 2 aromatic carbocycles. The molecule has 0 aromatic heterocycles. The third kappa shape index (κ3) is 8.14. The number of hydrogen-bond acceptors (Lipinski definition) is 4. The molecule has 0 aliphatic carbocycles. The maximum Gasteiger partial charge on any atom is 0.257 e. The van der Waals surface area contributed by atoms with Gasteiger partial charge >= 0.3 is 0 Å². The van der Waals surface area contributed by atoms with Gasteiger partial charge in [0, 0.05) is 22.7 Å². The second-order valence-electron chi connectivity index (χ2n) is 8.13. The maximum absolute atomic E-state index is 12.9. The van der Waals surface area contributed by atoms with Crippen molar-refractivity contribution in [2.75, 3.05) is 19.6 Å². The zero-order valence-corrected chi connectivity index (χ0v) is 20.1. The number of halogens is 2. The molecule has 1 heterocycles. The molecule has 0 saturated carbocycles. The highest BCUT2D eigenvalue weighted by Crippen LogP contribution is 2.20. The summed E-state index contributed by atoms with van der Waals surface area (Å²) in [6.07, 6.45) is 7.27. The van der Waals surface area contributed by atoms with Crippen LogP contribution < -0.4 is 10.7 Å². The maximum atomic E-state index is 12.9. The van der Waals surface area contributed by atoms with Gasteiger partial charge in [0.25, 0.3) is 11.8 Å². The first-order valence-electron chi connectivity index (χ1n) is 11.4. The lowest BCUT2D eigenvalue weighted by atomic mass is 10.0. The van der Waals surface area contributed by atoms with Crippen molar-refractivity contribution in [2.24, 2.45) is 5.10 Å². The molecule has 1 atom stereocenters. The van der Waals surface area contributed by atoms with Crippen molar-refractivity contribution < 1.29 is 9.59 Å². The van der Waals surface area contributed by atoms with E-state index >= 15 is 0 Å². The summed E-state index contributed by atoms with van der Waals surface area (Å²) in [6, 6.07) is 14.0. The molecule has 1 saturated heterocycles. The van der Waals surface area contributed by atoms with Crippen LogP contribution >= 0.6 is 23.2 Å². The number of nitrogens with zero attached hydrogens (tertiary/aromatic N) is 2. The summed E-state index contributed by atoms with van der Waals surface area (Å²) in [5.74, 6) is -0.192. The summed E-state index contributed by atoms with van der Waals surface area (Å²) in [7, 11) is 0. The summed E-state index contributed by atoms with van der Waals surface area (Å²) < 4.78 is 0. The Balaban J connectivity index is 1.49. The Morgan fingerprint density at radius 2 is 1.79 bits per heavy atom. The van der Waals surface area contributed by atoms with E-state index in [2.05, 4.69) is 20.7 Å². The van der Waals surface area contributed by atoms with Crippen molar-refractivity contribution in [1.29, 1.82) is 0 Å². The molecule has 33 heavy (non-hydrogen) atoms. The summed E-state index contributed by atoms with van der Waals surface area (Å²) in [6.45, 7) is 2.40. The van der Waals surface area contributed by atoms with E-state index in [0.29, 0.717) is 34.1 Å². The normalized spacial score (nSPS) is 15.3. The number of carbonyl (C=O) groups excluding carboxylic acids is 2. The summed E-state index contributed by atoms with van der Waals surface area (Å²) >= 11 is 12.1. The number of hydrogen-bond donors (Lipinski definition) is 2. The quantitative estimate of drug-likeness (QED) is 0.283. The van der Waals surface area contributed by atoms with Gasteiger partial charge in [0.2, 0.25) is 0 Å². The van der Waals surface area contributed by atoms with Gasteiger partial charge in [-0.15, -0.1) is 0 Å². The average molecular weight is 489 g/mol. The first kappa shape index (κ1) is 25.2. The van der Waals surface area contributed by atoms with E-state index in [1.807, 2.05) is 18.2 Å². The molecule has 0 bridgehead atoms. The highest BCUT2D eigenvalue weighted by Gasteiger charge is 2.26. The van der Waals surface area contributed by atoms with E-state index < -0.39 is 0 Å². The van der Waals surface area contributed by atoms with Crippen LogP contribution in [-0.4, -0.2) is 48.6 Å². The summed E-state index contributed by atoms with van der Waals surface area (Å²) in [5, 5.41) is 8.08. The van der Waals surface area contributed by atoms with Gasteiger partial charge in [-0.1, -0.05) is 53.9 Å². The molecule has 2 amide bonds. The van der Waals surface area contributed by atoms with E-state index in [4.69, 9.17) is 23.2 Å². The Hall–Kier alpha value is -2.41. The fraction of sp³-hybridized carbons (Fsp3) is 0.400. The molecule has 2 N–H and O–H groups in total. The van der Waals surface area contributed by atoms with Gasteiger partial charge in [0.05, 0.1) is 17.3 Å². The molecule has 3 rings (SSSR count). The van der Waals surface area contributed by atoms with Crippen LogP contribution in [0.3, 0.4) is 0 Å². The lowest BCUT2D eigenvalue weighted by molar-refractivity contribution is -0.127. The van der Waals surface area contributed by atoms with Gasteiger partial charge in [-0.05, 0) is 69.5 Å². The fourth-order valence-corrected chi connectivity index (χ4v) is 4.37. The molecule has 0 spiro atoms. The first-order chi connectivity index (χ1) is 16.0. The third-order valence-electron chi connectivity index (χ3n) is 5.70. The van der Waals surface area contributed by atoms with Crippen molar-refractivity contribution in [3.05, 3.63) is 69.7 Å². The SMILES string of the molecule is O=C(NCCCCC(C(=O)NN=Cc1ccc(Cl)cc1Cl)N1CCCCC1)c1ccccc1. The van der Waals surface area contributed by atoms with E-state index in [-0.39, 0.29) is 17.9 Å². The van der Waals surface area contributed by atoms with Gasteiger partial charge in [0.15, 0.2) is 0 Å². The van der Waals surface area contributed by atoms with Gasteiger partial charge < -0.3 is 5.32 Å². The second kappa shape index (κ2) is 13.3. The first-order valence-corrected chi connectivity index (χ1v) is 12.2. The van der Waals surface area contributed by atoms with Crippen molar-refractivity contribution in [1.82, 2.24) is 15.6 Å². The minimum atomic E-state index is -0.243. The average Bonchev–Trinajstić information content (AvgIpc) is 2.83. The van der Waals surface area contributed by atoms with E-state index in [1.54, 1.807) is 30.3 Å². The molecule has 2 aromatic rings. The predicted octanol–water partition coefficient (Wildman–Crippen LogP) is 4.90.